The monoisotopic (exact) mass is 274 g/mol. The fourth-order valence-corrected chi connectivity index (χ4v) is 2.16. The number of alkyl halides is 1. The zero-order valence-corrected chi connectivity index (χ0v) is 12.0. The molecule has 1 aromatic rings. The van der Waals surface area contributed by atoms with Gasteiger partial charge in [-0.25, -0.2) is 0 Å². The summed E-state index contributed by atoms with van der Waals surface area (Å²) in [6.45, 7) is 4.85. The van der Waals surface area contributed by atoms with E-state index in [1.54, 1.807) is 0 Å². The fraction of sp³-hybridized carbons (Fsp3) is 0.571. The van der Waals surface area contributed by atoms with Crippen molar-refractivity contribution in [2.75, 3.05) is 12.5 Å². The molecule has 1 atom stereocenters. The number of benzene rings is 1. The average Bonchev–Trinajstić information content (AvgIpc) is 2.30. The molecule has 0 saturated carbocycles. The molecular weight excluding hydrogens is 255 g/mol. The Labute approximate surface area is 114 Å². The van der Waals surface area contributed by atoms with Crippen LogP contribution in [0, 0.1) is 5.92 Å². The molecule has 0 aliphatic rings. The van der Waals surface area contributed by atoms with Crippen LogP contribution in [-0.4, -0.2) is 18.6 Å². The Kier molecular flexibility index (Phi) is 6.94. The Morgan fingerprint density at radius 1 is 1.24 bits per heavy atom. The first kappa shape index (κ1) is 14.8. The minimum atomic E-state index is 0.284. The summed E-state index contributed by atoms with van der Waals surface area (Å²) in [7, 11) is 0. The number of rotatable bonds is 7. The van der Waals surface area contributed by atoms with Crippen LogP contribution in [0.25, 0.3) is 0 Å². The van der Waals surface area contributed by atoms with Gasteiger partial charge in [-0.2, -0.15) is 0 Å². The van der Waals surface area contributed by atoms with Crippen molar-refractivity contribution in [2.45, 2.75) is 32.8 Å². The zero-order chi connectivity index (χ0) is 12.7. The lowest BCUT2D eigenvalue weighted by atomic mass is 9.98. The van der Waals surface area contributed by atoms with Gasteiger partial charge in [0.1, 0.15) is 0 Å². The number of halogens is 2. The molecule has 0 aliphatic heterocycles. The van der Waals surface area contributed by atoms with Gasteiger partial charge in [-0.3, -0.25) is 0 Å². The third kappa shape index (κ3) is 5.76. The molecule has 0 radical (unpaired) electrons. The molecule has 17 heavy (non-hydrogen) atoms. The predicted octanol–water partition coefficient (Wildman–Crippen LogP) is 4.55. The van der Waals surface area contributed by atoms with E-state index in [9.17, 15) is 0 Å². The third-order valence-corrected chi connectivity index (χ3v) is 3.47. The van der Waals surface area contributed by atoms with E-state index in [0.717, 1.165) is 24.5 Å². The summed E-state index contributed by atoms with van der Waals surface area (Å²) in [4.78, 5) is 0. The Hall–Kier alpha value is -0.240. The van der Waals surface area contributed by atoms with E-state index < -0.39 is 0 Å². The van der Waals surface area contributed by atoms with Crippen molar-refractivity contribution < 1.29 is 4.74 Å². The molecule has 0 aromatic heterocycles. The van der Waals surface area contributed by atoms with Gasteiger partial charge in [-0.15, -0.1) is 11.6 Å². The van der Waals surface area contributed by atoms with Gasteiger partial charge >= 0.3 is 0 Å². The van der Waals surface area contributed by atoms with Crippen molar-refractivity contribution in [3.05, 3.63) is 34.9 Å². The average molecular weight is 275 g/mol. The van der Waals surface area contributed by atoms with Crippen LogP contribution < -0.4 is 0 Å². The molecule has 0 amide bonds. The van der Waals surface area contributed by atoms with Gasteiger partial charge in [-0.1, -0.05) is 29.8 Å². The van der Waals surface area contributed by atoms with Gasteiger partial charge in [0.05, 0.1) is 6.10 Å². The first-order chi connectivity index (χ1) is 8.13. The summed E-state index contributed by atoms with van der Waals surface area (Å²) in [5, 5.41) is 0.826. The van der Waals surface area contributed by atoms with E-state index in [-0.39, 0.29) is 6.10 Å². The van der Waals surface area contributed by atoms with Crippen LogP contribution in [0.15, 0.2) is 24.3 Å². The highest BCUT2D eigenvalue weighted by Crippen LogP contribution is 2.21. The highest BCUT2D eigenvalue weighted by Gasteiger charge is 2.11. The van der Waals surface area contributed by atoms with E-state index >= 15 is 0 Å². The number of hydrogen-bond acceptors (Lipinski definition) is 1. The fourth-order valence-electron chi connectivity index (χ4n) is 1.68. The van der Waals surface area contributed by atoms with Crippen LogP contribution in [0.2, 0.25) is 5.02 Å². The highest BCUT2D eigenvalue weighted by molar-refractivity contribution is 6.31. The topological polar surface area (TPSA) is 9.23 Å². The van der Waals surface area contributed by atoms with Gasteiger partial charge in [0.2, 0.25) is 0 Å². The predicted molar refractivity (Wildman–Crippen MR) is 75.1 cm³/mol. The SMILES string of the molecule is CC(C)OCCC(CCl)Cc1ccccc1Cl. The van der Waals surface area contributed by atoms with Crippen molar-refractivity contribution in [2.24, 2.45) is 5.92 Å². The quantitative estimate of drug-likeness (QED) is 0.663. The van der Waals surface area contributed by atoms with Gasteiger partial charge in [0.15, 0.2) is 0 Å². The van der Waals surface area contributed by atoms with Crippen LogP contribution in [0.5, 0.6) is 0 Å². The smallest absolute Gasteiger partial charge is 0.0518 e. The minimum absolute atomic E-state index is 0.284. The first-order valence-corrected chi connectivity index (χ1v) is 6.95. The first-order valence-electron chi connectivity index (χ1n) is 6.04. The van der Waals surface area contributed by atoms with Crippen LogP contribution in [0.4, 0.5) is 0 Å². The number of ether oxygens (including phenoxy) is 1. The molecule has 0 fully saturated rings. The van der Waals surface area contributed by atoms with Crippen LogP contribution in [0.1, 0.15) is 25.8 Å². The minimum Gasteiger partial charge on any atom is -0.379 e. The maximum atomic E-state index is 6.14. The molecule has 3 heteroatoms. The van der Waals surface area contributed by atoms with Crippen molar-refractivity contribution in [1.82, 2.24) is 0 Å². The van der Waals surface area contributed by atoms with Crippen molar-refractivity contribution >= 4 is 23.2 Å². The van der Waals surface area contributed by atoms with E-state index in [4.69, 9.17) is 27.9 Å². The van der Waals surface area contributed by atoms with Crippen LogP contribution in [0.3, 0.4) is 0 Å². The Morgan fingerprint density at radius 3 is 2.53 bits per heavy atom. The van der Waals surface area contributed by atoms with Crippen LogP contribution in [-0.2, 0) is 11.2 Å². The summed E-state index contributed by atoms with van der Waals surface area (Å²) >= 11 is 12.1. The normalized spacial score (nSPS) is 13.0. The molecule has 96 valence electrons. The Balaban J connectivity index is 2.44. The third-order valence-electron chi connectivity index (χ3n) is 2.66. The molecule has 0 bridgehead atoms. The summed E-state index contributed by atoms with van der Waals surface area (Å²) in [6.07, 6.45) is 2.18. The van der Waals surface area contributed by atoms with Gasteiger partial charge in [0.25, 0.3) is 0 Å². The molecule has 1 aromatic carbocycles. The maximum Gasteiger partial charge on any atom is 0.0518 e. The Bertz CT molecular complexity index is 326. The van der Waals surface area contributed by atoms with Crippen molar-refractivity contribution in [3.8, 4) is 0 Å². The largest absolute Gasteiger partial charge is 0.379 e. The summed E-state index contributed by atoms with van der Waals surface area (Å²) < 4.78 is 5.55. The molecule has 0 saturated heterocycles. The van der Waals surface area contributed by atoms with Gasteiger partial charge < -0.3 is 4.74 Å². The maximum absolute atomic E-state index is 6.14. The molecular formula is C14H20Cl2O. The van der Waals surface area contributed by atoms with Gasteiger partial charge in [0, 0.05) is 17.5 Å². The molecule has 1 unspecified atom stereocenters. The van der Waals surface area contributed by atoms with Gasteiger partial charge in [-0.05, 0) is 44.2 Å². The molecule has 0 spiro atoms. The number of hydrogen-bond donors (Lipinski definition) is 0. The lowest BCUT2D eigenvalue weighted by Crippen LogP contribution is -2.13. The second kappa shape index (κ2) is 7.97. The molecule has 0 N–H and O–H groups in total. The zero-order valence-electron chi connectivity index (χ0n) is 10.5. The molecule has 1 rings (SSSR count). The van der Waals surface area contributed by atoms with E-state index in [1.165, 1.54) is 5.56 Å². The van der Waals surface area contributed by atoms with E-state index in [1.807, 2.05) is 32.0 Å². The molecule has 0 aliphatic carbocycles. The van der Waals surface area contributed by atoms with Crippen molar-refractivity contribution in [1.29, 1.82) is 0 Å². The second-order valence-corrected chi connectivity index (χ2v) is 5.24. The van der Waals surface area contributed by atoms with E-state index in [0.29, 0.717) is 11.8 Å². The summed E-state index contributed by atoms with van der Waals surface area (Å²) in [5.41, 5.74) is 1.17. The second-order valence-electron chi connectivity index (χ2n) is 4.52. The standard InChI is InChI=1S/C14H20Cl2O/c1-11(2)17-8-7-12(10-15)9-13-5-3-4-6-14(13)16/h3-6,11-12H,7-10H2,1-2H3. The summed E-state index contributed by atoms with van der Waals surface area (Å²) in [6, 6.07) is 7.94. The van der Waals surface area contributed by atoms with Crippen molar-refractivity contribution in [3.63, 3.8) is 0 Å². The molecule has 0 heterocycles. The highest BCUT2D eigenvalue weighted by atomic mass is 35.5. The van der Waals surface area contributed by atoms with E-state index in [2.05, 4.69) is 6.07 Å². The molecule has 1 nitrogen and oxygen atoms in total. The summed E-state index contributed by atoms with van der Waals surface area (Å²) in [5.74, 6) is 1.07. The lowest BCUT2D eigenvalue weighted by molar-refractivity contribution is 0.0700. The van der Waals surface area contributed by atoms with Crippen LogP contribution >= 0.6 is 23.2 Å². The Morgan fingerprint density at radius 2 is 1.94 bits per heavy atom. The lowest BCUT2D eigenvalue weighted by Gasteiger charge is -2.16.